The number of hydrogen-bond donors (Lipinski definition) is 1. The second-order valence-electron chi connectivity index (χ2n) is 5.52. The number of carbonyl (C=O) groups excluding carboxylic acids is 2. The molecule has 0 spiro atoms. The molecule has 0 aliphatic heterocycles. The lowest BCUT2D eigenvalue weighted by Crippen LogP contribution is -2.16. The van der Waals surface area contributed by atoms with E-state index in [1.165, 1.54) is 7.11 Å². The molecular weight excluding hydrogens is 376 g/mol. The Morgan fingerprint density at radius 2 is 1.92 bits per heavy atom. The van der Waals surface area contributed by atoms with E-state index in [0.29, 0.717) is 23.1 Å². The predicted octanol–water partition coefficient (Wildman–Crippen LogP) is 4.46. The highest BCUT2D eigenvalue weighted by molar-refractivity contribution is 7.16. The highest BCUT2D eigenvalue weighted by Gasteiger charge is 2.32. The van der Waals surface area contributed by atoms with Crippen LogP contribution in [0.15, 0.2) is 18.2 Å². The SMILES string of the molecule is COC(=O)c1nc(NC(=O)c2cc(C(F)(F)F)ccc2F)sc1C(C)C. The Balaban J connectivity index is 2.35. The number of benzene rings is 1. The number of aromatic nitrogens is 1. The van der Waals surface area contributed by atoms with Gasteiger partial charge < -0.3 is 4.74 Å². The van der Waals surface area contributed by atoms with Gasteiger partial charge in [0.25, 0.3) is 5.91 Å². The smallest absolute Gasteiger partial charge is 0.416 e. The zero-order valence-corrected chi connectivity index (χ0v) is 14.7. The van der Waals surface area contributed by atoms with Crippen LogP contribution in [0.5, 0.6) is 0 Å². The van der Waals surface area contributed by atoms with Crippen LogP contribution >= 0.6 is 11.3 Å². The summed E-state index contributed by atoms with van der Waals surface area (Å²) in [4.78, 5) is 28.4. The number of anilines is 1. The fourth-order valence-electron chi connectivity index (χ4n) is 2.06. The number of amides is 1. The van der Waals surface area contributed by atoms with E-state index in [2.05, 4.69) is 15.0 Å². The average Bonchev–Trinajstić information content (AvgIpc) is 2.97. The molecule has 2 rings (SSSR count). The summed E-state index contributed by atoms with van der Waals surface area (Å²) in [5.41, 5.74) is -1.94. The normalized spacial score (nSPS) is 11.5. The Hall–Kier alpha value is -2.49. The first-order valence-electron chi connectivity index (χ1n) is 7.31. The van der Waals surface area contributed by atoms with Gasteiger partial charge in [-0.25, -0.2) is 14.2 Å². The molecular formula is C16H14F4N2O3S. The van der Waals surface area contributed by atoms with Gasteiger partial charge in [0, 0.05) is 4.88 Å². The Bertz CT molecular complexity index is 847. The molecule has 2 aromatic rings. The highest BCUT2D eigenvalue weighted by atomic mass is 32.1. The number of ether oxygens (including phenoxy) is 1. The Labute approximate surface area is 150 Å². The summed E-state index contributed by atoms with van der Waals surface area (Å²) in [5, 5.41) is 2.18. The molecule has 0 unspecified atom stereocenters. The minimum absolute atomic E-state index is 0.00712. The van der Waals surface area contributed by atoms with Crippen molar-refractivity contribution in [3.63, 3.8) is 0 Å². The second-order valence-corrected chi connectivity index (χ2v) is 6.56. The van der Waals surface area contributed by atoms with E-state index in [9.17, 15) is 27.2 Å². The summed E-state index contributed by atoms with van der Waals surface area (Å²) in [6.45, 7) is 3.58. The number of nitrogens with one attached hydrogen (secondary N) is 1. The molecule has 0 bridgehead atoms. The largest absolute Gasteiger partial charge is 0.464 e. The minimum atomic E-state index is -4.72. The van der Waals surface area contributed by atoms with Gasteiger partial charge in [-0.05, 0) is 24.1 Å². The van der Waals surface area contributed by atoms with Crippen molar-refractivity contribution in [3.8, 4) is 0 Å². The van der Waals surface area contributed by atoms with Crippen molar-refractivity contribution in [1.82, 2.24) is 4.98 Å². The number of hydrogen-bond acceptors (Lipinski definition) is 5. The van der Waals surface area contributed by atoms with Crippen LogP contribution in [0.4, 0.5) is 22.7 Å². The number of methoxy groups -OCH3 is 1. The first kappa shape index (κ1) is 19.8. The predicted molar refractivity (Wildman–Crippen MR) is 86.9 cm³/mol. The summed E-state index contributed by atoms with van der Waals surface area (Å²) in [6, 6.07) is 1.53. The molecule has 0 saturated carbocycles. The van der Waals surface area contributed by atoms with Gasteiger partial charge in [-0.1, -0.05) is 13.8 Å². The number of alkyl halides is 3. The van der Waals surface area contributed by atoms with Gasteiger partial charge in [0.1, 0.15) is 5.82 Å². The molecule has 0 saturated heterocycles. The third-order valence-corrected chi connectivity index (χ3v) is 4.59. The molecule has 140 valence electrons. The molecule has 0 atom stereocenters. The number of halogens is 4. The molecule has 0 aliphatic rings. The van der Waals surface area contributed by atoms with Crippen molar-refractivity contribution >= 4 is 28.3 Å². The van der Waals surface area contributed by atoms with Crippen molar-refractivity contribution < 1.29 is 31.9 Å². The number of esters is 1. The lowest BCUT2D eigenvalue weighted by atomic mass is 10.1. The molecule has 5 nitrogen and oxygen atoms in total. The first-order valence-corrected chi connectivity index (χ1v) is 8.13. The van der Waals surface area contributed by atoms with Crippen molar-refractivity contribution in [2.45, 2.75) is 25.9 Å². The number of carbonyl (C=O) groups is 2. The Morgan fingerprint density at radius 3 is 2.46 bits per heavy atom. The molecule has 1 aromatic heterocycles. The minimum Gasteiger partial charge on any atom is -0.464 e. The zero-order valence-electron chi connectivity index (χ0n) is 13.9. The summed E-state index contributed by atoms with van der Waals surface area (Å²) in [7, 11) is 1.17. The van der Waals surface area contributed by atoms with Gasteiger partial charge in [0.15, 0.2) is 10.8 Å². The topological polar surface area (TPSA) is 68.3 Å². The van der Waals surface area contributed by atoms with Crippen LogP contribution in [0, 0.1) is 5.82 Å². The van der Waals surface area contributed by atoms with Gasteiger partial charge >= 0.3 is 12.1 Å². The molecule has 0 fully saturated rings. The standard InChI is InChI=1S/C16H14F4N2O3S/c1-7(2)12-11(14(24)25-3)21-15(26-12)22-13(23)9-6-8(16(18,19)20)4-5-10(9)17/h4-7H,1-3H3,(H,21,22,23). The van der Waals surface area contributed by atoms with E-state index in [1.807, 2.05) is 0 Å². The van der Waals surface area contributed by atoms with E-state index in [1.54, 1.807) is 13.8 Å². The molecule has 1 heterocycles. The first-order chi connectivity index (χ1) is 12.0. The summed E-state index contributed by atoms with van der Waals surface area (Å²) < 4.78 is 56.6. The fraction of sp³-hybridized carbons (Fsp3) is 0.312. The van der Waals surface area contributed by atoms with Crippen LogP contribution in [0.25, 0.3) is 0 Å². The third-order valence-electron chi connectivity index (χ3n) is 3.32. The molecule has 0 aliphatic carbocycles. The molecule has 1 amide bonds. The monoisotopic (exact) mass is 390 g/mol. The van der Waals surface area contributed by atoms with E-state index in [0.717, 1.165) is 11.3 Å². The quantitative estimate of drug-likeness (QED) is 0.618. The number of nitrogens with zero attached hydrogens (tertiary/aromatic N) is 1. The summed E-state index contributed by atoms with van der Waals surface area (Å²) >= 11 is 0.961. The van der Waals surface area contributed by atoms with Crippen molar-refractivity contribution in [1.29, 1.82) is 0 Å². The fourth-order valence-corrected chi connectivity index (χ4v) is 3.01. The van der Waals surface area contributed by atoms with Gasteiger partial charge in [0.05, 0.1) is 18.2 Å². The van der Waals surface area contributed by atoms with E-state index >= 15 is 0 Å². The van der Waals surface area contributed by atoms with Gasteiger partial charge in [-0.3, -0.25) is 10.1 Å². The van der Waals surface area contributed by atoms with Crippen molar-refractivity contribution in [2.75, 3.05) is 12.4 Å². The average molecular weight is 390 g/mol. The van der Waals surface area contributed by atoms with E-state index < -0.39 is 35.0 Å². The van der Waals surface area contributed by atoms with Crippen LogP contribution in [0.1, 0.15) is 51.1 Å². The van der Waals surface area contributed by atoms with Gasteiger partial charge in [0.2, 0.25) is 0 Å². The third kappa shape index (κ3) is 4.18. The van der Waals surface area contributed by atoms with Crippen molar-refractivity contribution in [2.24, 2.45) is 0 Å². The van der Waals surface area contributed by atoms with E-state index in [4.69, 9.17) is 0 Å². The molecule has 0 radical (unpaired) electrons. The second kappa shape index (κ2) is 7.40. The molecule has 26 heavy (non-hydrogen) atoms. The lowest BCUT2D eigenvalue weighted by Gasteiger charge is -2.09. The Morgan fingerprint density at radius 1 is 1.27 bits per heavy atom. The Kier molecular flexibility index (Phi) is 5.65. The summed E-state index contributed by atoms with van der Waals surface area (Å²) in [5.74, 6) is -3.04. The maximum absolute atomic E-state index is 13.8. The van der Waals surface area contributed by atoms with Crippen LogP contribution < -0.4 is 5.32 Å². The molecule has 1 aromatic carbocycles. The van der Waals surface area contributed by atoms with Crippen molar-refractivity contribution in [3.05, 3.63) is 45.7 Å². The number of rotatable bonds is 4. The van der Waals surface area contributed by atoms with E-state index in [-0.39, 0.29) is 16.7 Å². The summed E-state index contributed by atoms with van der Waals surface area (Å²) in [6.07, 6.45) is -4.72. The van der Waals surface area contributed by atoms with Crippen LogP contribution in [-0.2, 0) is 10.9 Å². The van der Waals surface area contributed by atoms with Crippen LogP contribution in [0.3, 0.4) is 0 Å². The highest BCUT2D eigenvalue weighted by Crippen LogP contribution is 2.32. The van der Waals surface area contributed by atoms with Crippen LogP contribution in [0.2, 0.25) is 0 Å². The zero-order chi connectivity index (χ0) is 19.6. The molecule has 1 N–H and O–H groups in total. The van der Waals surface area contributed by atoms with Crippen LogP contribution in [-0.4, -0.2) is 24.0 Å². The number of thiazole rings is 1. The maximum Gasteiger partial charge on any atom is 0.416 e. The maximum atomic E-state index is 13.8. The van der Waals surface area contributed by atoms with Gasteiger partial charge in [-0.15, -0.1) is 11.3 Å². The van der Waals surface area contributed by atoms with Gasteiger partial charge in [-0.2, -0.15) is 13.2 Å². The lowest BCUT2D eigenvalue weighted by molar-refractivity contribution is -0.137. The molecule has 10 heteroatoms.